The van der Waals surface area contributed by atoms with E-state index in [2.05, 4.69) is 22.5 Å². The van der Waals surface area contributed by atoms with Crippen molar-refractivity contribution >= 4 is 33.2 Å². The van der Waals surface area contributed by atoms with Gasteiger partial charge in [0.1, 0.15) is 0 Å². The van der Waals surface area contributed by atoms with Crippen molar-refractivity contribution in [3.63, 3.8) is 0 Å². The van der Waals surface area contributed by atoms with Gasteiger partial charge in [-0.2, -0.15) is 0 Å². The normalized spacial score (nSPS) is 12.2. The highest BCUT2D eigenvalue weighted by molar-refractivity contribution is 9.11. The monoisotopic (exact) mass is 302 g/mol. The quantitative estimate of drug-likeness (QED) is 0.849. The molecule has 0 aliphatic heterocycles. The number of carbonyl (C=O) groups is 1. The lowest BCUT2D eigenvalue weighted by Crippen LogP contribution is -2.40. The van der Waals surface area contributed by atoms with Gasteiger partial charge in [-0.1, -0.05) is 6.08 Å². The molecule has 88 valence electrons. The van der Waals surface area contributed by atoms with E-state index in [0.29, 0.717) is 13.0 Å². The van der Waals surface area contributed by atoms with Crippen LogP contribution in [0, 0.1) is 0 Å². The molecule has 1 rings (SSSR count). The summed E-state index contributed by atoms with van der Waals surface area (Å²) in [5, 5.41) is 2.02. The van der Waals surface area contributed by atoms with Crippen LogP contribution in [0.25, 0.3) is 0 Å². The molecule has 2 N–H and O–H groups in total. The summed E-state index contributed by atoms with van der Waals surface area (Å²) in [4.78, 5) is 13.4. The molecule has 0 fully saturated rings. The Morgan fingerprint density at radius 3 is 3.00 bits per heavy atom. The zero-order valence-electron chi connectivity index (χ0n) is 9.15. The van der Waals surface area contributed by atoms with Crippen LogP contribution in [0.1, 0.15) is 12.0 Å². The summed E-state index contributed by atoms with van der Waals surface area (Å²) in [5.41, 5.74) is 6.83. The van der Waals surface area contributed by atoms with Gasteiger partial charge in [-0.15, -0.1) is 17.9 Å². The van der Waals surface area contributed by atoms with Crippen molar-refractivity contribution in [2.45, 2.75) is 19.0 Å². The fourth-order valence-electron chi connectivity index (χ4n) is 1.34. The number of nitrogens with zero attached hydrogens (tertiary/aromatic N) is 1. The Kier molecular flexibility index (Phi) is 5.18. The minimum atomic E-state index is -0.482. The van der Waals surface area contributed by atoms with Crippen LogP contribution in [0.15, 0.2) is 27.9 Å². The molecule has 0 bridgehead atoms. The van der Waals surface area contributed by atoms with Crippen LogP contribution in [0.3, 0.4) is 0 Å². The van der Waals surface area contributed by atoms with Gasteiger partial charge in [0, 0.05) is 13.6 Å². The van der Waals surface area contributed by atoms with Crippen LogP contribution in [0.4, 0.5) is 0 Å². The summed E-state index contributed by atoms with van der Waals surface area (Å²) in [6, 6.07) is 1.53. The molecule has 16 heavy (non-hydrogen) atoms. The summed E-state index contributed by atoms with van der Waals surface area (Å²) >= 11 is 5.00. The minimum absolute atomic E-state index is 0.0535. The Balaban J connectivity index is 2.54. The average molecular weight is 303 g/mol. The molecule has 0 saturated heterocycles. The molecule has 1 aromatic heterocycles. The second-order valence-corrected chi connectivity index (χ2v) is 5.87. The molecule has 0 radical (unpaired) electrons. The number of hydrogen-bond donors (Lipinski definition) is 1. The van der Waals surface area contributed by atoms with Crippen molar-refractivity contribution in [1.29, 1.82) is 0 Å². The van der Waals surface area contributed by atoms with E-state index in [0.717, 1.165) is 9.35 Å². The highest BCUT2D eigenvalue weighted by Gasteiger charge is 2.16. The summed E-state index contributed by atoms with van der Waals surface area (Å²) in [5.74, 6) is -0.0535. The first-order chi connectivity index (χ1) is 7.54. The average Bonchev–Trinajstić information content (AvgIpc) is 2.63. The van der Waals surface area contributed by atoms with Crippen molar-refractivity contribution in [3.05, 3.63) is 33.5 Å². The van der Waals surface area contributed by atoms with E-state index in [1.165, 1.54) is 0 Å². The second-order valence-electron chi connectivity index (χ2n) is 3.58. The molecule has 0 saturated carbocycles. The predicted molar refractivity (Wildman–Crippen MR) is 71.3 cm³/mol. The summed E-state index contributed by atoms with van der Waals surface area (Å²) < 4.78 is 1.07. The molecular formula is C11H15BrN2OS. The van der Waals surface area contributed by atoms with Crippen LogP contribution in [0.5, 0.6) is 0 Å². The number of nitrogens with two attached hydrogens (primary N) is 1. The second kappa shape index (κ2) is 6.18. The molecular weight excluding hydrogens is 288 g/mol. The van der Waals surface area contributed by atoms with Gasteiger partial charge in [0.2, 0.25) is 5.91 Å². The number of halogens is 1. The molecule has 3 nitrogen and oxygen atoms in total. The third-order valence-corrected chi connectivity index (χ3v) is 3.71. The Bertz CT molecular complexity index is 378. The topological polar surface area (TPSA) is 46.3 Å². The number of carbonyl (C=O) groups excluding carboxylic acids is 1. The molecule has 0 aromatic carbocycles. The summed E-state index contributed by atoms with van der Waals surface area (Å²) in [7, 11) is 1.76. The fraction of sp³-hybridized carbons (Fsp3) is 0.364. The molecule has 1 unspecified atom stereocenters. The van der Waals surface area contributed by atoms with Gasteiger partial charge in [-0.3, -0.25) is 4.79 Å². The SMILES string of the molecule is C=CCC(N)C(=O)N(C)Cc1csc(Br)c1. The lowest BCUT2D eigenvalue weighted by molar-refractivity contribution is -0.131. The number of thiophene rings is 1. The van der Waals surface area contributed by atoms with E-state index in [9.17, 15) is 4.79 Å². The Hall–Kier alpha value is -0.650. The lowest BCUT2D eigenvalue weighted by atomic mass is 10.2. The number of amides is 1. The maximum Gasteiger partial charge on any atom is 0.239 e. The molecule has 1 aromatic rings. The lowest BCUT2D eigenvalue weighted by Gasteiger charge is -2.20. The van der Waals surface area contributed by atoms with E-state index in [-0.39, 0.29) is 5.91 Å². The Labute approximate surface area is 108 Å². The maximum absolute atomic E-state index is 11.8. The zero-order chi connectivity index (χ0) is 12.1. The van der Waals surface area contributed by atoms with Gasteiger partial charge in [0.05, 0.1) is 9.83 Å². The van der Waals surface area contributed by atoms with Crippen molar-refractivity contribution < 1.29 is 4.79 Å². The highest BCUT2D eigenvalue weighted by Crippen LogP contribution is 2.21. The number of likely N-dealkylation sites (N-methyl/N-ethyl adjacent to an activating group) is 1. The van der Waals surface area contributed by atoms with Gasteiger partial charge in [-0.05, 0) is 39.4 Å². The largest absolute Gasteiger partial charge is 0.340 e. The Morgan fingerprint density at radius 1 is 1.81 bits per heavy atom. The van der Waals surface area contributed by atoms with Gasteiger partial charge >= 0.3 is 0 Å². The molecule has 5 heteroatoms. The number of hydrogen-bond acceptors (Lipinski definition) is 3. The van der Waals surface area contributed by atoms with Gasteiger partial charge in [0.15, 0.2) is 0 Å². The molecule has 0 aliphatic rings. The molecule has 0 spiro atoms. The first kappa shape index (κ1) is 13.4. The van der Waals surface area contributed by atoms with Gasteiger partial charge < -0.3 is 10.6 Å². The molecule has 1 atom stereocenters. The predicted octanol–water partition coefficient (Wildman–Crippen LogP) is 2.37. The van der Waals surface area contributed by atoms with E-state index in [4.69, 9.17) is 5.73 Å². The van der Waals surface area contributed by atoms with Crippen LogP contribution in [-0.4, -0.2) is 23.9 Å². The van der Waals surface area contributed by atoms with Gasteiger partial charge in [0.25, 0.3) is 0 Å². The zero-order valence-corrected chi connectivity index (χ0v) is 11.6. The molecule has 1 amide bonds. The Morgan fingerprint density at radius 2 is 2.50 bits per heavy atom. The maximum atomic E-state index is 11.8. The summed E-state index contributed by atoms with van der Waals surface area (Å²) in [6.45, 7) is 4.16. The van der Waals surface area contributed by atoms with E-state index in [1.807, 2.05) is 11.4 Å². The molecule has 0 aliphatic carbocycles. The summed E-state index contributed by atoms with van der Waals surface area (Å²) in [6.07, 6.45) is 2.17. The third-order valence-electron chi connectivity index (χ3n) is 2.16. The van der Waals surface area contributed by atoms with Crippen LogP contribution in [-0.2, 0) is 11.3 Å². The van der Waals surface area contributed by atoms with Crippen LogP contribution < -0.4 is 5.73 Å². The fourth-order valence-corrected chi connectivity index (χ4v) is 2.54. The van der Waals surface area contributed by atoms with Crippen molar-refractivity contribution in [2.75, 3.05) is 7.05 Å². The van der Waals surface area contributed by atoms with Crippen LogP contribution >= 0.6 is 27.3 Å². The van der Waals surface area contributed by atoms with Crippen molar-refractivity contribution in [1.82, 2.24) is 4.90 Å². The standard InChI is InChI=1S/C11H15BrN2OS/c1-3-4-9(13)11(15)14(2)6-8-5-10(12)16-7-8/h3,5,7,9H,1,4,6,13H2,2H3. The third kappa shape index (κ3) is 3.73. The van der Waals surface area contributed by atoms with Gasteiger partial charge in [-0.25, -0.2) is 0 Å². The first-order valence-corrected chi connectivity index (χ1v) is 6.56. The number of rotatable bonds is 5. The van der Waals surface area contributed by atoms with E-state index in [1.54, 1.807) is 29.4 Å². The highest BCUT2D eigenvalue weighted by atomic mass is 79.9. The minimum Gasteiger partial charge on any atom is -0.340 e. The first-order valence-electron chi connectivity index (χ1n) is 4.89. The van der Waals surface area contributed by atoms with E-state index < -0.39 is 6.04 Å². The smallest absolute Gasteiger partial charge is 0.239 e. The van der Waals surface area contributed by atoms with E-state index >= 15 is 0 Å². The van der Waals surface area contributed by atoms with Crippen molar-refractivity contribution in [3.8, 4) is 0 Å². The molecule has 1 heterocycles. The van der Waals surface area contributed by atoms with Crippen molar-refractivity contribution in [2.24, 2.45) is 5.73 Å². The van der Waals surface area contributed by atoms with Crippen LogP contribution in [0.2, 0.25) is 0 Å².